The fourth-order valence-corrected chi connectivity index (χ4v) is 3.08. The van der Waals surface area contributed by atoms with E-state index in [2.05, 4.69) is 15.4 Å². The summed E-state index contributed by atoms with van der Waals surface area (Å²) < 4.78 is 38.8. The van der Waals surface area contributed by atoms with Crippen molar-refractivity contribution >= 4 is 28.9 Å². The second-order valence-corrected chi connectivity index (χ2v) is 5.70. The Bertz CT molecular complexity index is 582. The van der Waals surface area contributed by atoms with Gasteiger partial charge in [0.15, 0.2) is 4.34 Å². The Hall–Kier alpha value is -1.32. The molecule has 2 rings (SSSR count). The van der Waals surface area contributed by atoms with E-state index in [1.807, 2.05) is 12.3 Å². The molecule has 0 aromatic carbocycles. The van der Waals surface area contributed by atoms with E-state index >= 15 is 0 Å². The van der Waals surface area contributed by atoms with Gasteiger partial charge in [-0.05, 0) is 30.8 Å². The monoisotopic (exact) mass is 306 g/mol. The zero-order valence-corrected chi connectivity index (χ0v) is 11.3. The molecule has 0 aliphatic rings. The predicted molar refractivity (Wildman–Crippen MR) is 68.0 cm³/mol. The lowest BCUT2D eigenvalue weighted by atomic mass is 10.2. The molecule has 19 heavy (non-hydrogen) atoms. The zero-order chi connectivity index (χ0) is 14.0. The molecule has 102 valence electrons. The van der Waals surface area contributed by atoms with Crippen LogP contribution in [0, 0.1) is 6.92 Å². The maximum absolute atomic E-state index is 12.7. The summed E-state index contributed by atoms with van der Waals surface area (Å²) in [4.78, 5) is 8.13. The highest BCUT2D eigenvalue weighted by Gasteiger charge is 2.31. The molecule has 2 aromatic heterocycles. The largest absolute Gasteiger partial charge is 0.416 e. The van der Waals surface area contributed by atoms with E-state index in [0.29, 0.717) is 4.34 Å². The van der Waals surface area contributed by atoms with Crippen molar-refractivity contribution in [1.29, 1.82) is 0 Å². The molecule has 0 bridgehead atoms. The van der Waals surface area contributed by atoms with Crippen molar-refractivity contribution in [2.75, 3.05) is 5.43 Å². The molecular formula is C10H9F3N4S2. The highest BCUT2D eigenvalue weighted by molar-refractivity contribution is 8.01. The number of nitrogens with two attached hydrogens (primary N) is 1. The molecule has 0 radical (unpaired) electrons. The van der Waals surface area contributed by atoms with Crippen LogP contribution >= 0.6 is 23.1 Å². The lowest BCUT2D eigenvalue weighted by molar-refractivity contribution is -0.137. The summed E-state index contributed by atoms with van der Waals surface area (Å²) in [7, 11) is 0. The van der Waals surface area contributed by atoms with Crippen LogP contribution in [0.4, 0.5) is 19.0 Å². The van der Waals surface area contributed by atoms with Crippen LogP contribution in [0.15, 0.2) is 26.9 Å². The van der Waals surface area contributed by atoms with Crippen LogP contribution in [0.3, 0.4) is 0 Å². The topological polar surface area (TPSA) is 63.8 Å². The average Bonchev–Trinajstić information content (AvgIpc) is 2.73. The summed E-state index contributed by atoms with van der Waals surface area (Å²) in [5.41, 5.74) is 2.15. The second kappa shape index (κ2) is 5.35. The van der Waals surface area contributed by atoms with E-state index < -0.39 is 11.7 Å². The fraction of sp³-hybridized carbons (Fsp3) is 0.200. The molecule has 0 saturated carbocycles. The van der Waals surface area contributed by atoms with E-state index in [9.17, 15) is 13.2 Å². The molecule has 2 heterocycles. The number of thiazole rings is 1. The number of halogens is 3. The molecule has 0 aliphatic heterocycles. The minimum absolute atomic E-state index is 0.0365. The van der Waals surface area contributed by atoms with Crippen LogP contribution in [0.25, 0.3) is 0 Å². The lowest BCUT2D eigenvalue weighted by Crippen LogP contribution is -2.12. The Morgan fingerprint density at radius 3 is 2.58 bits per heavy atom. The van der Waals surface area contributed by atoms with E-state index in [1.54, 1.807) is 0 Å². The Labute approximate surface area is 115 Å². The first-order chi connectivity index (χ1) is 8.88. The summed E-state index contributed by atoms with van der Waals surface area (Å²) in [5, 5.41) is 2.01. The summed E-state index contributed by atoms with van der Waals surface area (Å²) >= 11 is 2.42. The third-order valence-electron chi connectivity index (χ3n) is 2.07. The number of aromatic nitrogens is 2. The van der Waals surface area contributed by atoms with Crippen LogP contribution < -0.4 is 11.3 Å². The number of hydrogen-bond acceptors (Lipinski definition) is 6. The first-order valence-electron chi connectivity index (χ1n) is 5.04. The average molecular weight is 306 g/mol. The minimum Gasteiger partial charge on any atom is -0.308 e. The van der Waals surface area contributed by atoms with Crippen LogP contribution in [0.2, 0.25) is 0 Å². The third-order valence-corrected chi connectivity index (χ3v) is 4.04. The van der Waals surface area contributed by atoms with Crippen molar-refractivity contribution in [3.63, 3.8) is 0 Å². The van der Waals surface area contributed by atoms with Crippen LogP contribution in [-0.4, -0.2) is 9.97 Å². The van der Waals surface area contributed by atoms with Gasteiger partial charge in [-0.25, -0.2) is 15.8 Å². The number of nitrogen functional groups attached to an aromatic ring is 1. The van der Waals surface area contributed by atoms with Crippen molar-refractivity contribution in [3.8, 4) is 0 Å². The third kappa shape index (κ3) is 3.58. The van der Waals surface area contributed by atoms with Gasteiger partial charge in [-0.2, -0.15) is 13.2 Å². The summed E-state index contributed by atoms with van der Waals surface area (Å²) in [5.74, 6) is 5.09. The standard InChI is InChI=1S/C10H9F3N4S2/c1-5-4-18-9(15-5)19-8-3-6(10(11,12)13)2-7(16-8)17-14/h2-4H,14H2,1H3,(H,16,17). The van der Waals surface area contributed by atoms with E-state index in [1.165, 1.54) is 11.3 Å². The van der Waals surface area contributed by atoms with Crippen molar-refractivity contribution in [1.82, 2.24) is 9.97 Å². The van der Waals surface area contributed by atoms with Crippen molar-refractivity contribution < 1.29 is 13.2 Å². The van der Waals surface area contributed by atoms with Crippen molar-refractivity contribution in [3.05, 3.63) is 28.8 Å². The fourth-order valence-electron chi connectivity index (χ4n) is 1.26. The zero-order valence-electron chi connectivity index (χ0n) is 9.65. The normalized spacial score (nSPS) is 11.6. The Morgan fingerprint density at radius 2 is 2.05 bits per heavy atom. The molecule has 2 aromatic rings. The van der Waals surface area contributed by atoms with E-state index in [-0.39, 0.29) is 10.8 Å². The van der Waals surface area contributed by atoms with E-state index in [4.69, 9.17) is 5.84 Å². The van der Waals surface area contributed by atoms with Gasteiger partial charge in [0.05, 0.1) is 5.56 Å². The number of anilines is 1. The molecule has 3 N–H and O–H groups in total. The summed E-state index contributed by atoms with van der Waals surface area (Å²) in [6.45, 7) is 1.81. The van der Waals surface area contributed by atoms with Gasteiger partial charge in [0.25, 0.3) is 0 Å². The summed E-state index contributed by atoms with van der Waals surface area (Å²) in [6, 6.07) is 1.83. The molecule has 0 unspecified atom stereocenters. The smallest absolute Gasteiger partial charge is 0.308 e. The Balaban J connectivity index is 2.34. The van der Waals surface area contributed by atoms with Crippen LogP contribution in [0.5, 0.6) is 0 Å². The van der Waals surface area contributed by atoms with Gasteiger partial charge in [0.1, 0.15) is 10.8 Å². The molecule has 0 saturated heterocycles. The number of rotatable bonds is 3. The van der Waals surface area contributed by atoms with Gasteiger partial charge in [0.2, 0.25) is 0 Å². The molecular weight excluding hydrogens is 297 g/mol. The predicted octanol–water partition coefficient (Wildman–Crippen LogP) is 3.30. The number of nitrogens with one attached hydrogen (secondary N) is 1. The minimum atomic E-state index is -4.44. The van der Waals surface area contributed by atoms with Gasteiger partial charge in [-0.15, -0.1) is 11.3 Å². The number of pyridine rings is 1. The number of aryl methyl sites for hydroxylation is 1. The van der Waals surface area contributed by atoms with Crippen molar-refractivity contribution in [2.24, 2.45) is 5.84 Å². The number of nitrogens with zero attached hydrogens (tertiary/aromatic N) is 2. The molecule has 0 spiro atoms. The van der Waals surface area contributed by atoms with Gasteiger partial charge >= 0.3 is 6.18 Å². The molecule has 0 aliphatic carbocycles. The van der Waals surface area contributed by atoms with Crippen LogP contribution in [0.1, 0.15) is 11.3 Å². The second-order valence-electron chi connectivity index (χ2n) is 3.58. The number of hydrogen-bond donors (Lipinski definition) is 2. The first-order valence-corrected chi connectivity index (χ1v) is 6.74. The highest BCUT2D eigenvalue weighted by atomic mass is 32.2. The van der Waals surface area contributed by atoms with Gasteiger partial charge < -0.3 is 5.43 Å². The maximum atomic E-state index is 12.7. The number of alkyl halides is 3. The van der Waals surface area contributed by atoms with Gasteiger partial charge in [0, 0.05) is 11.1 Å². The molecule has 0 atom stereocenters. The van der Waals surface area contributed by atoms with Gasteiger partial charge in [-0.1, -0.05) is 0 Å². The Morgan fingerprint density at radius 1 is 1.32 bits per heavy atom. The van der Waals surface area contributed by atoms with E-state index in [0.717, 1.165) is 29.6 Å². The van der Waals surface area contributed by atoms with Crippen molar-refractivity contribution in [2.45, 2.75) is 22.5 Å². The molecule has 9 heteroatoms. The number of hydrazine groups is 1. The highest BCUT2D eigenvalue weighted by Crippen LogP contribution is 2.35. The molecule has 0 fully saturated rings. The van der Waals surface area contributed by atoms with Crippen LogP contribution in [-0.2, 0) is 6.18 Å². The summed E-state index contributed by atoms with van der Waals surface area (Å²) in [6.07, 6.45) is -4.44. The Kier molecular flexibility index (Phi) is 3.97. The van der Waals surface area contributed by atoms with Gasteiger partial charge in [-0.3, -0.25) is 0 Å². The first kappa shape index (κ1) is 14.1. The SMILES string of the molecule is Cc1csc(Sc2cc(C(F)(F)F)cc(NN)n2)n1. The lowest BCUT2D eigenvalue weighted by Gasteiger charge is -2.10. The quantitative estimate of drug-likeness (QED) is 0.673. The molecule has 0 amide bonds. The maximum Gasteiger partial charge on any atom is 0.416 e. The molecule has 4 nitrogen and oxygen atoms in total.